The van der Waals surface area contributed by atoms with Crippen LogP contribution in [0.2, 0.25) is 0 Å². The lowest BCUT2D eigenvalue weighted by Crippen LogP contribution is -2.25. The van der Waals surface area contributed by atoms with E-state index in [1.807, 2.05) is 17.8 Å². The fourth-order valence-electron chi connectivity index (χ4n) is 2.04. The third kappa shape index (κ3) is 4.16. The van der Waals surface area contributed by atoms with Crippen molar-refractivity contribution in [3.05, 3.63) is 18.2 Å². The van der Waals surface area contributed by atoms with Crippen LogP contribution in [0.1, 0.15) is 12.8 Å². The van der Waals surface area contributed by atoms with E-state index in [2.05, 4.69) is 10.1 Å². The van der Waals surface area contributed by atoms with Gasteiger partial charge >= 0.3 is 6.61 Å². The van der Waals surface area contributed by atoms with E-state index in [1.165, 1.54) is 19.3 Å². The summed E-state index contributed by atoms with van der Waals surface area (Å²) in [6.45, 7) is -2.85. The topological polar surface area (TPSA) is 30.5 Å². The number of rotatable bonds is 5. The van der Waals surface area contributed by atoms with Gasteiger partial charge in [0.2, 0.25) is 0 Å². The molecule has 106 valence electrons. The average Bonchev–Trinajstić information content (AvgIpc) is 2.39. The van der Waals surface area contributed by atoms with Crippen LogP contribution in [0, 0.1) is 0 Å². The summed E-state index contributed by atoms with van der Waals surface area (Å²) >= 11 is 1.91. The monoisotopic (exact) mass is 289 g/mol. The van der Waals surface area contributed by atoms with Crippen molar-refractivity contribution in [1.29, 1.82) is 0 Å². The molecule has 0 aromatic heterocycles. The first kappa shape index (κ1) is 14.2. The Hall–Kier alpha value is -1.17. The number of halogens is 2. The number of hydrogen-bond donors (Lipinski definition) is 1. The molecule has 19 heavy (non-hydrogen) atoms. The molecule has 1 N–H and O–H groups in total. The van der Waals surface area contributed by atoms with Gasteiger partial charge in [-0.3, -0.25) is 0 Å². The molecule has 1 fully saturated rings. The molecule has 0 amide bonds. The predicted octanol–water partition coefficient (Wildman–Crippen LogP) is 3.60. The molecule has 0 bridgehead atoms. The number of thioether (sulfide) groups is 1. The van der Waals surface area contributed by atoms with Crippen LogP contribution < -0.4 is 14.8 Å². The fourth-order valence-corrected chi connectivity index (χ4v) is 3.12. The van der Waals surface area contributed by atoms with Crippen molar-refractivity contribution >= 4 is 17.4 Å². The lowest BCUT2D eigenvalue weighted by atomic mass is 10.1. The Kier molecular flexibility index (Phi) is 5.13. The minimum Gasteiger partial charge on any atom is -0.493 e. The van der Waals surface area contributed by atoms with Crippen molar-refractivity contribution in [3.8, 4) is 11.5 Å². The van der Waals surface area contributed by atoms with Crippen LogP contribution in [0.25, 0.3) is 0 Å². The molecule has 3 nitrogen and oxygen atoms in total. The summed E-state index contributed by atoms with van der Waals surface area (Å²) in [5.74, 6) is 2.60. The summed E-state index contributed by atoms with van der Waals surface area (Å²) in [6.07, 6.45) is 2.28. The summed E-state index contributed by atoms with van der Waals surface area (Å²) in [5, 5.41) is 3.34. The van der Waals surface area contributed by atoms with Crippen LogP contribution in [0.4, 0.5) is 14.5 Å². The van der Waals surface area contributed by atoms with Gasteiger partial charge in [-0.05, 0) is 30.7 Å². The van der Waals surface area contributed by atoms with Crippen LogP contribution in [0.3, 0.4) is 0 Å². The maximum atomic E-state index is 12.3. The number of methoxy groups -OCH3 is 1. The smallest absolute Gasteiger partial charge is 0.387 e. The third-order valence-corrected chi connectivity index (χ3v) is 4.13. The zero-order chi connectivity index (χ0) is 13.7. The molecule has 1 atom stereocenters. The van der Waals surface area contributed by atoms with Gasteiger partial charge < -0.3 is 14.8 Å². The van der Waals surface area contributed by atoms with Gasteiger partial charge in [-0.15, -0.1) is 0 Å². The van der Waals surface area contributed by atoms with E-state index in [0.717, 1.165) is 17.9 Å². The number of anilines is 1. The average molecular weight is 289 g/mol. The molecule has 1 unspecified atom stereocenters. The number of nitrogens with one attached hydrogen (secondary N) is 1. The molecule has 0 radical (unpaired) electrons. The molecular formula is C13H17F2NO2S. The van der Waals surface area contributed by atoms with Crippen LogP contribution in [-0.4, -0.2) is 31.3 Å². The van der Waals surface area contributed by atoms with Crippen molar-refractivity contribution < 1.29 is 18.3 Å². The second-order valence-corrected chi connectivity index (χ2v) is 5.45. The summed E-state index contributed by atoms with van der Waals surface area (Å²) in [5.41, 5.74) is 0.781. The Bertz CT molecular complexity index is 412. The predicted molar refractivity (Wildman–Crippen MR) is 73.6 cm³/mol. The number of ether oxygens (including phenoxy) is 2. The van der Waals surface area contributed by atoms with Gasteiger partial charge in [0.15, 0.2) is 11.5 Å². The van der Waals surface area contributed by atoms with E-state index < -0.39 is 6.61 Å². The first-order valence-corrected chi connectivity index (χ1v) is 7.31. The Balaban J connectivity index is 2.07. The van der Waals surface area contributed by atoms with Crippen LogP contribution >= 0.6 is 11.8 Å². The van der Waals surface area contributed by atoms with Gasteiger partial charge in [0.25, 0.3) is 0 Å². The Labute approximate surface area is 115 Å². The quantitative estimate of drug-likeness (QED) is 0.897. The molecule has 1 aromatic rings. The highest BCUT2D eigenvalue weighted by atomic mass is 32.2. The number of hydrogen-bond acceptors (Lipinski definition) is 4. The summed E-state index contributed by atoms with van der Waals surface area (Å²) in [7, 11) is 1.43. The van der Waals surface area contributed by atoms with E-state index in [0.29, 0.717) is 11.8 Å². The van der Waals surface area contributed by atoms with E-state index in [4.69, 9.17) is 4.74 Å². The second-order valence-electron chi connectivity index (χ2n) is 4.30. The summed E-state index contributed by atoms with van der Waals surface area (Å²) in [4.78, 5) is 0. The summed E-state index contributed by atoms with van der Waals surface area (Å²) in [6, 6.07) is 5.39. The lowest BCUT2D eigenvalue weighted by molar-refractivity contribution is -0.0511. The van der Waals surface area contributed by atoms with E-state index in [-0.39, 0.29) is 5.75 Å². The zero-order valence-corrected chi connectivity index (χ0v) is 11.5. The molecule has 1 saturated heterocycles. The summed E-state index contributed by atoms with van der Waals surface area (Å²) < 4.78 is 34.1. The van der Waals surface area contributed by atoms with Gasteiger partial charge in [0, 0.05) is 23.5 Å². The standard InChI is InChI=1S/C13H17F2NO2S/c1-17-11-5-4-9(7-12(11)18-13(14)15)16-10-3-2-6-19-8-10/h4-5,7,10,13,16H,2-3,6,8H2,1H3. The lowest BCUT2D eigenvalue weighted by Gasteiger charge is -2.24. The first-order chi connectivity index (χ1) is 9.19. The normalized spacial score (nSPS) is 19.3. The minimum atomic E-state index is -2.85. The number of alkyl halides is 2. The molecule has 2 rings (SSSR count). The molecule has 0 aliphatic carbocycles. The Morgan fingerprint density at radius 3 is 2.84 bits per heavy atom. The SMILES string of the molecule is COc1ccc(NC2CCCSC2)cc1OC(F)F. The highest BCUT2D eigenvalue weighted by Crippen LogP contribution is 2.32. The van der Waals surface area contributed by atoms with E-state index in [1.54, 1.807) is 12.1 Å². The molecule has 1 heterocycles. The highest BCUT2D eigenvalue weighted by molar-refractivity contribution is 7.99. The maximum absolute atomic E-state index is 12.3. The molecular weight excluding hydrogens is 272 g/mol. The minimum absolute atomic E-state index is 0.0611. The van der Waals surface area contributed by atoms with E-state index >= 15 is 0 Å². The van der Waals surface area contributed by atoms with Gasteiger partial charge in [0.1, 0.15) is 0 Å². The van der Waals surface area contributed by atoms with Crippen molar-refractivity contribution in [3.63, 3.8) is 0 Å². The van der Waals surface area contributed by atoms with E-state index in [9.17, 15) is 8.78 Å². The fraction of sp³-hybridized carbons (Fsp3) is 0.538. The van der Waals surface area contributed by atoms with Crippen molar-refractivity contribution in [1.82, 2.24) is 0 Å². The largest absolute Gasteiger partial charge is 0.493 e. The van der Waals surface area contributed by atoms with Gasteiger partial charge in [-0.1, -0.05) is 0 Å². The van der Waals surface area contributed by atoms with Crippen molar-refractivity contribution in [2.45, 2.75) is 25.5 Å². The Morgan fingerprint density at radius 1 is 1.37 bits per heavy atom. The molecule has 1 aliphatic heterocycles. The van der Waals surface area contributed by atoms with Crippen LogP contribution in [0.5, 0.6) is 11.5 Å². The van der Waals surface area contributed by atoms with Crippen LogP contribution in [-0.2, 0) is 0 Å². The van der Waals surface area contributed by atoms with Gasteiger partial charge in [0.05, 0.1) is 7.11 Å². The Morgan fingerprint density at radius 2 is 2.21 bits per heavy atom. The molecule has 0 spiro atoms. The molecule has 6 heteroatoms. The molecule has 1 aliphatic rings. The third-order valence-electron chi connectivity index (χ3n) is 2.91. The number of benzene rings is 1. The molecule has 1 aromatic carbocycles. The highest BCUT2D eigenvalue weighted by Gasteiger charge is 2.15. The van der Waals surface area contributed by atoms with Crippen LogP contribution in [0.15, 0.2) is 18.2 Å². The maximum Gasteiger partial charge on any atom is 0.387 e. The molecule has 0 saturated carbocycles. The first-order valence-electron chi connectivity index (χ1n) is 6.16. The van der Waals surface area contributed by atoms with Gasteiger partial charge in [-0.25, -0.2) is 0 Å². The second kappa shape index (κ2) is 6.84. The van der Waals surface area contributed by atoms with Crippen molar-refractivity contribution in [2.24, 2.45) is 0 Å². The zero-order valence-electron chi connectivity index (χ0n) is 10.7. The van der Waals surface area contributed by atoms with Crippen molar-refractivity contribution in [2.75, 3.05) is 23.9 Å². The van der Waals surface area contributed by atoms with Gasteiger partial charge in [-0.2, -0.15) is 20.5 Å².